The molecule has 0 aliphatic heterocycles. The lowest BCUT2D eigenvalue weighted by Crippen LogP contribution is -1.93. The van der Waals surface area contributed by atoms with Crippen LogP contribution in [0.5, 0.6) is 5.75 Å². The third-order valence-electron chi connectivity index (χ3n) is 2.36. The molecule has 1 aromatic carbocycles. The van der Waals surface area contributed by atoms with E-state index in [1.54, 1.807) is 18.9 Å². The summed E-state index contributed by atoms with van der Waals surface area (Å²) in [6.07, 6.45) is 0. The van der Waals surface area contributed by atoms with Crippen LogP contribution in [0.1, 0.15) is 5.69 Å². The van der Waals surface area contributed by atoms with Gasteiger partial charge in [-0.1, -0.05) is 17.8 Å². The van der Waals surface area contributed by atoms with Gasteiger partial charge in [-0.3, -0.25) is 0 Å². The number of hydrogen-bond acceptors (Lipinski definition) is 4. The molecule has 0 bridgehead atoms. The molecule has 2 aromatic rings. The number of anilines is 1. The third-order valence-corrected chi connectivity index (χ3v) is 3.29. The maximum Gasteiger partial charge on any atom is 0.119 e. The number of nitrogens with zero attached hydrogens (tertiary/aromatic N) is 1. The highest BCUT2D eigenvalue weighted by atomic mass is 32.2. The first-order chi connectivity index (χ1) is 8.19. The molecule has 88 valence electrons. The Kier molecular flexibility index (Phi) is 3.54. The molecule has 1 heterocycles. The molecule has 0 unspecified atom stereocenters. The number of aromatic nitrogens is 1. The summed E-state index contributed by atoms with van der Waals surface area (Å²) in [5.41, 5.74) is 7.32. The second-order valence-electron chi connectivity index (χ2n) is 3.61. The van der Waals surface area contributed by atoms with E-state index in [9.17, 15) is 0 Å². The van der Waals surface area contributed by atoms with Gasteiger partial charge in [0, 0.05) is 4.90 Å². The van der Waals surface area contributed by atoms with Crippen molar-refractivity contribution in [2.24, 2.45) is 0 Å². The van der Waals surface area contributed by atoms with E-state index in [4.69, 9.17) is 10.5 Å². The summed E-state index contributed by atoms with van der Waals surface area (Å²) >= 11 is 1.59. The monoisotopic (exact) mass is 246 g/mol. The smallest absolute Gasteiger partial charge is 0.119 e. The Morgan fingerprint density at radius 3 is 2.76 bits per heavy atom. The first kappa shape index (κ1) is 11.8. The van der Waals surface area contributed by atoms with Gasteiger partial charge in [-0.15, -0.1) is 0 Å². The van der Waals surface area contributed by atoms with E-state index in [0.29, 0.717) is 0 Å². The van der Waals surface area contributed by atoms with E-state index >= 15 is 0 Å². The Labute approximate surface area is 105 Å². The minimum Gasteiger partial charge on any atom is -0.497 e. The Balaban J connectivity index is 2.22. The summed E-state index contributed by atoms with van der Waals surface area (Å²) in [6.45, 7) is 1.91. The normalized spacial score (nSPS) is 10.2. The third kappa shape index (κ3) is 2.91. The SMILES string of the molecule is COc1cccc(Sc2ccc(N)c(C)n2)c1. The lowest BCUT2D eigenvalue weighted by molar-refractivity contribution is 0.413. The number of benzene rings is 1. The van der Waals surface area contributed by atoms with Gasteiger partial charge in [0.15, 0.2) is 0 Å². The van der Waals surface area contributed by atoms with Crippen molar-refractivity contribution in [1.29, 1.82) is 0 Å². The second-order valence-corrected chi connectivity index (χ2v) is 4.70. The number of aryl methyl sites for hydroxylation is 1. The zero-order valence-corrected chi connectivity index (χ0v) is 10.6. The zero-order chi connectivity index (χ0) is 12.3. The molecule has 2 rings (SSSR count). The quantitative estimate of drug-likeness (QED) is 0.904. The van der Waals surface area contributed by atoms with Crippen molar-refractivity contribution in [3.05, 3.63) is 42.1 Å². The van der Waals surface area contributed by atoms with E-state index in [1.165, 1.54) is 0 Å². The van der Waals surface area contributed by atoms with Crippen molar-refractivity contribution in [3.63, 3.8) is 0 Å². The minimum atomic E-state index is 0.722. The first-order valence-electron chi connectivity index (χ1n) is 5.24. The van der Waals surface area contributed by atoms with Gasteiger partial charge < -0.3 is 10.5 Å². The van der Waals surface area contributed by atoms with E-state index in [2.05, 4.69) is 4.98 Å². The predicted octanol–water partition coefficient (Wildman–Crippen LogP) is 3.13. The first-order valence-corrected chi connectivity index (χ1v) is 6.06. The molecule has 0 aliphatic carbocycles. The molecule has 0 amide bonds. The maximum atomic E-state index is 5.74. The number of pyridine rings is 1. The van der Waals surface area contributed by atoms with Crippen molar-refractivity contribution in [1.82, 2.24) is 4.98 Å². The van der Waals surface area contributed by atoms with E-state index in [0.717, 1.165) is 27.1 Å². The van der Waals surface area contributed by atoms with Crippen LogP contribution in [0, 0.1) is 6.92 Å². The molecule has 0 saturated heterocycles. The van der Waals surface area contributed by atoms with E-state index in [1.807, 2.05) is 43.3 Å². The average molecular weight is 246 g/mol. The predicted molar refractivity (Wildman–Crippen MR) is 70.5 cm³/mol. The van der Waals surface area contributed by atoms with Crippen molar-refractivity contribution >= 4 is 17.4 Å². The van der Waals surface area contributed by atoms with Gasteiger partial charge >= 0.3 is 0 Å². The van der Waals surface area contributed by atoms with E-state index in [-0.39, 0.29) is 0 Å². The van der Waals surface area contributed by atoms with Gasteiger partial charge in [0.05, 0.1) is 18.5 Å². The fourth-order valence-electron chi connectivity index (χ4n) is 1.39. The zero-order valence-electron chi connectivity index (χ0n) is 9.81. The Morgan fingerprint density at radius 1 is 1.24 bits per heavy atom. The molecule has 4 heteroatoms. The van der Waals surface area contributed by atoms with Crippen molar-refractivity contribution < 1.29 is 4.74 Å². The largest absolute Gasteiger partial charge is 0.497 e. The van der Waals surface area contributed by atoms with Gasteiger partial charge in [0.1, 0.15) is 10.8 Å². The van der Waals surface area contributed by atoms with Crippen molar-refractivity contribution in [2.45, 2.75) is 16.8 Å². The van der Waals surface area contributed by atoms with Gasteiger partial charge in [0.2, 0.25) is 0 Å². The van der Waals surface area contributed by atoms with Crippen LogP contribution in [0.3, 0.4) is 0 Å². The van der Waals surface area contributed by atoms with Crippen molar-refractivity contribution in [2.75, 3.05) is 12.8 Å². The molecule has 3 nitrogen and oxygen atoms in total. The second kappa shape index (κ2) is 5.10. The number of ether oxygens (including phenoxy) is 1. The van der Waals surface area contributed by atoms with Crippen LogP contribution in [0.25, 0.3) is 0 Å². The molecular formula is C13H14N2OS. The molecule has 0 aliphatic rings. The highest BCUT2D eigenvalue weighted by Crippen LogP contribution is 2.29. The lowest BCUT2D eigenvalue weighted by Gasteiger charge is -2.05. The highest BCUT2D eigenvalue weighted by Gasteiger charge is 2.02. The van der Waals surface area contributed by atoms with Crippen LogP contribution in [0.15, 0.2) is 46.3 Å². The lowest BCUT2D eigenvalue weighted by atomic mass is 10.3. The van der Waals surface area contributed by atoms with Crippen LogP contribution in [0.4, 0.5) is 5.69 Å². The summed E-state index contributed by atoms with van der Waals surface area (Å²) in [6, 6.07) is 11.7. The van der Waals surface area contributed by atoms with Gasteiger partial charge in [-0.05, 0) is 37.3 Å². The Hall–Kier alpha value is -1.68. The molecular weight excluding hydrogens is 232 g/mol. The molecule has 2 N–H and O–H groups in total. The average Bonchev–Trinajstić information content (AvgIpc) is 2.34. The van der Waals surface area contributed by atoms with Crippen LogP contribution in [0.2, 0.25) is 0 Å². The standard InChI is InChI=1S/C13H14N2OS/c1-9-12(14)6-7-13(15-9)17-11-5-3-4-10(8-11)16-2/h3-8H,14H2,1-2H3. The number of methoxy groups -OCH3 is 1. The molecule has 0 radical (unpaired) electrons. The number of rotatable bonds is 3. The summed E-state index contributed by atoms with van der Waals surface area (Å²) < 4.78 is 5.18. The Bertz CT molecular complexity index is 529. The van der Waals surface area contributed by atoms with Gasteiger partial charge in [-0.25, -0.2) is 4.98 Å². The van der Waals surface area contributed by atoms with Crippen molar-refractivity contribution in [3.8, 4) is 5.75 Å². The number of hydrogen-bond donors (Lipinski definition) is 1. The number of nitrogen functional groups attached to an aromatic ring is 1. The topological polar surface area (TPSA) is 48.1 Å². The summed E-state index contributed by atoms with van der Waals surface area (Å²) in [5.74, 6) is 0.849. The summed E-state index contributed by atoms with van der Waals surface area (Å²) in [4.78, 5) is 5.52. The molecule has 0 spiro atoms. The van der Waals surface area contributed by atoms with E-state index < -0.39 is 0 Å². The van der Waals surface area contributed by atoms with Gasteiger partial charge in [-0.2, -0.15) is 0 Å². The molecule has 17 heavy (non-hydrogen) atoms. The maximum absolute atomic E-state index is 5.74. The summed E-state index contributed by atoms with van der Waals surface area (Å²) in [5, 5.41) is 0.935. The fourth-order valence-corrected chi connectivity index (χ4v) is 2.27. The minimum absolute atomic E-state index is 0.722. The van der Waals surface area contributed by atoms with Crippen LogP contribution < -0.4 is 10.5 Å². The molecule has 0 saturated carbocycles. The Morgan fingerprint density at radius 2 is 2.06 bits per heavy atom. The van der Waals surface area contributed by atoms with Crippen LogP contribution in [-0.2, 0) is 0 Å². The highest BCUT2D eigenvalue weighted by molar-refractivity contribution is 7.99. The number of nitrogens with two attached hydrogens (primary N) is 1. The van der Waals surface area contributed by atoms with Crippen LogP contribution >= 0.6 is 11.8 Å². The molecule has 1 aromatic heterocycles. The van der Waals surface area contributed by atoms with Gasteiger partial charge in [0.25, 0.3) is 0 Å². The fraction of sp³-hybridized carbons (Fsp3) is 0.154. The summed E-state index contributed by atoms with van der Waals surface area (Å²) in [7, 11) is 1.66. The van der Waals surface area contributed by atoms with Crippen LogP contribution in [-0.4, -0.2) is 12.1 Å². The molecule has 0 fully saturated rings. The molecule has 0 atom stereocenters.